The van der Waals surface area contributed by atoms with Crippen LogP contribution in [0.5, 0.6) is 0 Å². The predicted octanol–water partition coefficient (Wildman–Crippen LogP) is 5.18. The lowest BCUT2D eigenvalue weighted by molar-refractivity contribution is -0.221. The number of amidine groups is 1. The van der Waals surface area contributed by atoms with Gasteiger partial charge in [0.25, 0.3) is 0 Å². The highest BCUT2D eigenvalue weighted by Crippen LogP contribution is 2.39. The maximum atomic E-state index is 14.9. The van der Waals surface area contributed by atoms with E-state index < -0.39 is 50.1 Å². The molecule has 0 spiro atoms. The van der Waals surface area contributed by atoms with Crippen LogP contribution in [0, 0.1) is 10.6 Å². The number of esters is 2. The summed E-state index contributed by atoms with van der Waals surface area (Å²) >= 11 is 5.81. The third kappa shape index (κ3) is 7.32. The van der Waals surface area contributed by atoms with Crippen LogP contribution in [0.3, 0.4) is 0 Å². The fourth-order valence-corrected chi connectivity index (χ4v) is 5.42. The molecule has 1 aliphatic heterocycles. The van der Waals surface area contributed by atoms with Gasteiger partial charge in [0.2, 0.25) is 0 Å². The van der Waals surface area contributed by atoms with Gasteiger partial charge in [-0.25, -0.2) is 28.2 Å². The van der Waals surface area contributed by atoms with Gasteiger partial charge in [0.15, 0.2) is 17.3 Å². The fraction of sp³-hybridized carbons (Fsp3) is 0.333. The number of hydrogen-bond acceptors (Lipinski definition) is 11. The topological polar surface area (TPSA) is 174 Å². The van der Waals surface area contributed by atoms with Crippen LogP contribution < -0.4 is 5.73 Å². The molecule has 0 bridgehead atoms. The smallest absolute Gasteiger partial charge is 0.386 e. The first kappa shape index (κ1) is 34.4. The van der Waals surface area contributed by atoms with Gasteiger partial charge in [-0.05, 0) is 39.0 Å². The number of alkyl halides is 6. The Morgan fingerprint density at radius 2 is 1.59 bits per heavy atom. The highest BCUT2D eigenvalue weighted by molar-refractivity contribution is 7.94. The zero-order valence-electron chi connectivity index (χ0n) is 22.5. The number of rotatable bonds is 3. The monoisotopic (exact) mass is 672 g/mol. The summed E-state index contributed by atoms with van der Waals surface area (Å²) in [6, 6.07) is 5.98. The number of benzene rings is 1. The summed E-state index contributed by atoms with van der Waals surface area (Å²) < 4.78 is 110. The highest BCUT2D eigenvalue weighted by atomic mass is 35.5. The Morgan fingerprint density at radius 3 is 2.09 bits per heavy atom. The van der Waals surface area contributed by atoms with Gasteiger partial charge in [0, 0.05) is 29.6 Å². The van der Waals surface area contributed by atoms with Crippen molar-refractivity contribution < 1.29 is 53.8 Å². The van der Waals surface area contributed by atoms with E-state index >= 15 is 0 Å². The Kier molecular flexibility index (Phi) is 9.18. The molecule has 0 saturated carbocycles. The predicted molar refractivity (Wildman–Crippen MR) is 140 cm³/mol. The Balaban J connectivity index is 0.000000345. The maximum absolute atomic E-state index is 14.9. The zero-order chi connectivity index (χ0) is 33.5. The number of carbonyl (C=O) groups excluding carboxylic acids is 2. The molecule has 0 amide bonds. The number of halogens is 8. The van der Waals surface area contributed by atoms with Gasteiger partial charge < -0.3 is 15.0 Å². The number of carbonyl (C=O) groups is 2. The summed E-state index contributed by atoms with van der Waals surface area (Å²) in [6.07, 6.45) is -8.36. The summed E-state index contributed by atoms with van der Waals surface area (Å²) in [5, 5.41) is 4.36. The molecular weight excluding hydrogens is 653 g/mol. The first-order valence-electron chi connectivity index (χ1n) is 11.7. The Labute approximate surface area is 248 Å². The second kappa shape index (κ2) is 11.8. The van der Waals surface area contributed by atoms with Gasteiger partial charge in [-0.15, -0.1) is 0 Å². The molecule has 20 heteroatoms. The van der Waals surface area contributed by atoms with Gasteiger partial charge in [-0.1, -0.05) is 16.8 Å². The van der Waals surface area contributed by atoms with Crippen LogP contribution in [-0.2, 0) is 29.6 Å². The quantitative estimate of drug-likeness (QED) is 0.216. The van der Waals surface area contributed by atoms with Crippen molar-refractivity contribution in [1.29, 1.82) is 4.78 Å². The minimum absolute atomic E-state index is 0.0629. The van der Waals surface area contributed by atoms with Crippen molar-refractivity contribution in [3.8, 4) is 22.8 Å². The number of aromatic nitrogens is 3. The highest BCUT2D eigenvalue weighted by Gasteiger charge is 2.49. The Hall–Kier alpha value is -4.13. The molecule has 3 N–H and O–H groups in total. The normalized spacial score (nSPS) is 21.5. The van der Waals surface area contributed by atoms with Crippen LogP contribution in [-0.4, -0.2) is 60.0 Å². The molecule has 238 valence electrons. The molecule has 2 atom stereocenters. The van der Waals surface area contributed by atoms with Crippen molar-refractivity contribution in [3.63, 3.8) is 0 Å². The van der Waals surface area contributed by atoms with Gasteiger partial charge in [-0.2, -0.15) is 26.3 Å². The molecule has 4 rings (SSSR count). The van der Waals surface area contributed by atoms with Crippen molar-refractivity contribution in [3.05, 3.63) is 53.1 Å². The van der Waals surface area contributed by atoms with E-state index in [9.17, 15) is 44.5 Å². The second-order valence-corrected chi connectivity index (χ2v) is 12.9. The van der Waals surface area contributed by atoms with Crippen LogP contribution in [0.1, 0.15) is 26.3 Å². The average Bonchev–Trinajstić information content (AvgIpc) is 3.37. The molecule has 1 aliphatic rings. The van der Waals surface area contributed by atoms with Crippen molar-refractivity contribution in [2.75, 3.05) is 5.75 Å². The van der Waals surface area contributed by atoms with Crippen LogP contribution in [0.25, 0.3) is 22.8 Å². The summed E-state index contributed by atoms with van der Waals surface area (Å²) in [5.41, 5.74) is 5.88. The molecule has 3 heterocycles. The van der Waals surface area contributed by atoms with E-state index in [1.54, 1.807) is 32.9 Å². The average molecular weight is 673 g/mol. The van der Waals surface area contributed by atoms with Gasteiger partial charge in [0.05, 0.1) is 20.5 Å². The molecule has 1 aromatic carbocycles. The van der Waals surface area contributed by atoms with E-state index in [1.807, 2.05) is 0 Å². The number of hydrogen-bond donors (Lipinski definition) is 2. The number of aliphatic imine (C=N–C) groups is 1. The van der Waals surface area contributed by atoms with E-state index in [1.165, 1.54) is 24.5 Å². The van der Waals surface area contributed by atoms with Crippen LogP contribution in [0.2, 0.25) is 5.02 Å². The second-order valence-electron chi connectivity index (χ2n) is 9.77. The van der Waals surface area contributed by atoms with E-state index in [4.69, 9.17) is 26.6 Å². The number of nitrogens with two attached hydrogens (primary N) is 1. The van der Waals surface area contributed by atoms with Gasteiger partial charge in [0.1, 0.15) is 21.9 Å². The molecule has 0 unspecified atom stereocenters. The lowest BCUT2D eigenvalue weighted by Crippen LogP contribution is -2.54. The number of nitrogens with one attached hydrogen (secondary N) is 1. The van der Waals surface area contributed by atoms with Gasteiger partial charge in [-0.3, -0.25) is 9.77 Å². The number of ether oxygens (including phenoxy) is 1. The molecule has 0 aliphatic carbocycles. The molecule has 2 aromatic heterocycles. The van der Waals surface area contributed by atoms with Crippen LogP contribution >= 0.6 is 11.6 Å². The third-order valence-corrected chi connectivity index (χ3v) is 9.15. The lowest BCUT2D eigenvalue weighted by Gasteiger charge is -2.39. The van der Waals surface area contributed by atoms with E-state index in [0.29, 0.717) is 27.9 Å². The van der Waals surface area contributed by atoms with Crippen molar-refractivity contribution in [2.24, 2.45) is 10.7 Å². The van der Waals surface area contributed by atoms with Crippen molar-refractivity contribution >= 4 is 39.1 Å². The SMILES string of the molecule is CC1(C)C(N)=N[C@](C)(c2cc(-c3cc(-c4ncc(Cl)cn4)no3)ccc2F)C[S@@]1(=N)=O.O=C(OC(=O)C(F)(F)F)C(F)(F)F. The summed E-state index contributed by atoms with van der Waals surface area (Å²) in [7, 11) is -3.18. The first-order valence-corrected chi connectivity index (χ1v) is 13.9. The standard InChI is InChI=1S/C20H20ClFN6O2S.C4F6O3/c1-19(2)18(23)27-20(3,10-31(19,24)29)13-6-11(4-5-14(13)22)16-7-15(28-30-16)17-25-8-12(21)9-26-17;5-3(6,7)1(11)13-2(12)4(8,9)10/h4-9,24H,10H2,1-3H3,(H2,23,27);/t20-,31+;/m0./s1. The van der Waals surface area contributed by atoms with Crippen molar-refractivity contribution in [1.82, 2.24) is 15.1 Å². The third-order valence-electron chi connectivity index (χ3n) is 6.13. The molecule has 44 heavy (non-hydrogen) atoms. The fourth-order valence-electron chi connectivity index (χ4n) is 3.57. The zero-order valence-corrected chi connectivity index (χ0v) is 24.1. The minimum Gasteiger partial charge on any atom is -0.386 e. The molecule has 0 saturated heterocycles. The van der Waals surface area contributed by atoms with E-state index in [0.717, 1.165) is 0 Å². The van der Waals surface area contributed by atoms with Crippen LogP contribution in [0.15, 0.2) is 46.2 Å². The largest absolute Gasteiger partial charge is 0.491 e. The maximum Gasteiger partial charge on any atom is 0.491 e. The summed E-state index contributed by atoms with van der Waals surface area (Å²) in [6.45, 7) is 4.85. The Morgan fingerprint density at radius 1 is 1.05 bits per heavy atom. The molecule has 0 radical (unpaired) electrons. The van der Waals surface area contributed by atoms with Crippen LogP contribution in [0.4, 0.5) is 30.7 Å². The lowest BCUT2D eigenvalue weighted by atomic mass is 9.91. The Bertz CT molecular complexity index is 1700. The van der Waals surface area contributed by atoms with Crippen molar-refractivity contribution in [2.45, 2.75) is 43.4 Å². The van der Waals surface area contributed by atoms with E-state index in [-0.39, 0.29) is 17.2 Å². The molecule has 3 aromatic rings. The number of nitrogens with zero attached hydrogens (tertiary/aromatic N) is 4. The molecular formula is C24H20ClF7N6O5S. The minimum atomic E-state index is -5.62. The first-order chi connectivity index (χ1) is 20.0. The van der Waals surface area contributed by atoms with E-state index in [2.05, 4.69) is 24.9 Å². The summed E-state index contributed by atoms with van der Waals surface area (Å²) in [5.74, 6) is -6.35. The molecule has 11 nitrogen and oxygen atoms in total. The summed E-state index contributed by atoms with van der Waals surface area (Å²) in [4.78, 5) is 32.0. The van der Waals surface area contributed by atoms with Gasteiger partial charge >= 0.3 is 24.3 Å². The molecule has 0 fully saturated rings.